The number of aliphatic hydroxyl groups is 1. The van der Waals surface area contributed by atoms with Crippen molar-refractivity contribution in [2.45, 2.75) is 192 Å². The molecule has 1 atom stereocenters. The zero-order chi connectivity index (χ0) is 23.9. The molecule has 0 aromatic carbocycles. The van der Waals surface area contributed by atoms with Crippen LogP contribution in [0.2, 0.25) is 0 Å². The lowest BCUT2D eigenvalue weighted by Crippen LogP contribution is -2.36. The van der Waals surface area contributed by atoms with E-state index in [1.807, 2.05) is 0 Å². The lowest BCUT2D eigenvalue weighted by Gasteiger charge is -2.27. The fourth-order valence-corrected chi connectivity index (χ4v) is 5.46. The topological polar surface area (TPSA) is 42.2 Å². The molecule has 0 aromatic rings. The monoisotopic (exact) mass is 465 g/mol. The third-order valence-electron chi connectivity index (χ3n) is 7.98. The maximum absolute atomic E-state index is 11.2. The first-order chi connectivity index (χ1) is 16.2. The summed E-state index contributed by atoms with van der Waals surface area (Å²) < 4.78 is 0. The molecule has 1 aliphatic heterocycles. The van der Waals surface area contributed by atoms with Gasteiger partial charge in [-0.05, 0) is 12.8 Å². The highest BCUT2D eigenvalue weighted by atomic mass is 16.3. The maximum atomic E-state index is 11.2. The molecule has 0 aromatic heterocycles. The highest BCUT2D eigenvalue weighted by Gasteiger charge is 2.42. The van der Waals surface area contributed by atoms with Gasteiger partial charge >= 0.3 is 0 Å². The van der Waals surface area contributed by atoms with Gasteiger partial charge in [-0.1, -0.05) is 168 Å². The van der Waals surface area contributed by atoms with E-state index in [0.717, 1.165) is 19.4 Å². The number of hydrogen-bond donors (Lipinski definition) is 2. The number of unbranched alkanes of at least 4 members (excludes halogenated alkanes) is 22. The van der Waals surface area contributed by atoms with Crippen LogP contribution in [-0.2, 0) is 0 Å². The molecule has 0 amide bonds. The minimum atomic E-state index is -0.420. The first-order valence-corrected chi connectivity index (χ1v) is 15.7. The molecule has 0 aliphatic carbocycles. The molecule has 2 heteroatoms. The standard InChI is InChI=1S/C31H63NO/c1-3-5-7-9-11-13-15-17-19-21-23-25-27-31(33,30-29-32-30)28-26-24-22-20-18-16-14-12-10-8-6-4-2/h30,32-33H,3-29H2,1-2H3/t30-/m0/s1. The molecule has 1 fully saturated rings. The average molecular weight is 466 g/mol. The van der Waals surface area contributed by atoms with E-state index in [0.29, 0.717) is 6.04 Å². The zero-order valence-electron chi connectivity index (χ0n) is 23.1. The van der Waals surface area contributed by atoms with Gasteiger partial charge in [-0.25, -0.2) is 0 Å². The molecular weight excluding hydrogens is 402 g/mol. The van der Waals surface area contributed by atoms with E-state index in [4.69, 9.17) is 0 Å². The third kappa shape index (κ3) is 18.9. The Morgan fingerprint density at radius 3 is 0.970 bits per heavy atom. The quantitative estimate of drug-likeness (QED) is 0.0935. The second-order valence-electron chi connectivity index (χ2n) is 11.3. The summed E-state index contributed by atoms with van der Waals surface area (Å²) in [5, 5.41) is 14.6. The molecule has 198 valence electrons. The van der Waals surface area contributed by atoms with Crippen molar-refractivity contribution < 1.29 is 5.11 Å². The van der Waals surface area contributed by atoms with Crippen molar-refractivity contribution in [2.24, 2.45) is 0 Å². The Labute approximate surface area is 209 Å². The van der Waals surface area contributed by atoms with Crippen LogP contribution in [0, 0.1) is 0 Å². The summed E-state index contributed by atoms with van der Waals surface area (Å²) in [5.74, 6) is 0. The molecule has 0 spiro atoms. The fraction of sp³-hybridized carbons (Fsp3) is 1.00. The lowest BCUT2D eigenvalue weighted by molar-refractivity contribution is 0.0165. The van der Waals surface area contributed by atoms with Gasteiger partial charge in [0.25, 0.3) is 0 Å². The van der Waals surface area contributed by atoms with E-state index in [1.54, 1.807) is 0 Å². The van der Waals surface area contributed by atoms with Gasteiger partial charge in [0, 0.05) is 12.6 Å². The van der Waals surface area contributed by atoms with Crippen molar-refractivity contribution in [2.75, 3.05) is 6.54 Å². The van der Waals surface area contributed by atoms with Gasteiger partial charge in [0.15, 0.2) is 0 Å². The van der Waals surface area contributed by atoms with Crippen LogP contribution >= 0.6 is 0 Å². The summed E-state index contributed by atoms with van der Waals surface area (Å²) in [7, 11) is 0. The van der Waals surface area contributed by atoms with Crippen molar-refractivity contribution in [3.05, 3.63) is 0 Å². The number of rotatable bonds is 27. The van der Waals surface area contributed by atoms with Gasteiger partial charge in [-0.2, -0.15) is 0 Å². The summed E-state index contributed by atoms with van der Waals surface area (Å²) in [4.78, 5) is 0. The van der Waals surface area contributed by atoms with Crippen LogP contribution in [0.15, 0.2) is 0 Å². The Morgan fingerprint density at radius 1 is 0.485 bits per heavy atom. The molecule has 33 heavy (non-hydrogen) atoms. The zero-order valence-corrected chi connectivity index (χ0v) is 23.1. The summed E-state index contributed by atoms with van der Waals surface area (Å²) in [6.45, 7) is 5.62. The summed E-state index contributed by atoms with van der Waals surface area (Å²) in [6.07, 6.45) is 35.4. The minimum Gasteiger partial charge on any atom is -0.388 e. The van der Waals surface area contributed by atoms with E-state index in [1.165, 1.54) is 154 Å². The largest absolute Gasteiger partial charge is 0.388 e. The van der Waals surface area contributed by atoms with Crippen LogP contribution in [0.25, 0.3) is 0 Å². The van der Waals surface area contributed by atoms with Gasteiger partial charge in [-0.15, -0.1) is 0 Å². The highest BCUT2D eigenvalue weighted by molar-refractivity contribution is 5.01. The normalized spacial score (nSPS) is 15.9. The highest BCUT2D eigenvalue weighted by Crippen LogP contribution is 2.30. The van der Waals surface area contributed by atoms with Gasteiger partial charge in [0.1, 0.15) is 0 Å². The number of nitrogens with one attached hydrogen (secondary N) is 1. The number of hydrogen-bond acceptors (Lipinski definition) is 2. The molecule has 0 saturated carbocycles. The van der Waals surface area contributed by atoms with E-state index in [2.05, 4.69) is 19.2 Å². The minimum absolute atomic E-state index is 0.387. The first-order valence-electron chi connectivity index (χ1n) is 15.7. The van der Waals surface area contributed by atoms with Crippen molar-refractivity contribution in [3.63, 3.8) is 0 Å². The van der Waals surface area contributed by atoms with Gasteiger partial charge in [-0.3, -0.25) is 0 Å². The Bertz CT molecular complexity index is 364. The molecule has 0 bridgehead atoms. The summed E-state index contributed by atoms with van der Waals surface area (Å²) in [5.41, 5.74) is -0.420. The van der Waals surface area contributed by atoms with Crippen molar-refractivity contribution in [1.82, 2.24) is 5.32 Å². The van der Waals surface area contributed by atoms with Gasteiger partial charge < -0.3 is 10.4 Å². The molecule has 2 nitrogen and oxygen atoms in total. The second kappa shape index (κ2) is 22.4. The Morgan fingerprint density at radius 2 is 0.727 bits per heavy atom. The Hall–Kier alpha value is -0.0800. The van der Waals surface area contributed by atoms with Crippen LogP contribution in [0.3, 0.4) is 0 Å². The van der Waals surface area contributed by atoms with E-state index >= 15 is 0 Å². The SMILES string of the molecule is CCCCCCCCCCCCCCC(O)(CCCCCCCCCCCCCC)[C@@H]1CN1. The predicted octanol–water partition coefficient (Wildman–Crippen LogP) is 9.87. The molecular formula is C31H63NO. The van der Waals surface area contributed by atoms with Crippen LogP contribution < -0.4 is 5.32 Å². The van der Waals surface area contributed by atoms with Crippen molar-refractivity contribution >= 4 is 0 Å². The second-order valence-corrected chi connectivity index (χ2v) is 11.3. The van der Waals surface area contributed by atoms with Crippen LogP contribution in [-0.4, -0.2) is 23.3 Å². The van der Waals surface area contributed by atoms with Gasteiger partial charge in [0.05, 0.1) is 5.60 Å². The predicted molar refractivity (Wildman–Crippen MR) is 148 cm³/mol. The summed E-state index contributed by atoms with van der Waals surface area (Å²) >= 11 is 0. The van der Waals surface area contributed by atoms with Crippen LogP contribution in [0.4, 0.5) is 0 Å². The van der Waals surface area contributed by atoms with Crippen LogP contribution in [0.5, 0.6) is 0 Å². The first kappa shape index (κ1) is 31.0. The van der Waals surface area contributed by atoms with E-state index in [9.17, 15) is 5.11 Å². The van der Waals surface area contributed by atoms with E-state index < -0.39 is 5.60 Å². The van der Waals surface area contributed by atoms with E-state index in [-0.39, 0.29) is 0 Å². The molecule has 0 radical (unpaired) electrons. The molecule has 1 saturated heterocycles. The van der Waals surface area contributed by atoms with Crippen molar-refractivity contribution in [1.29, 1.82) is 0 Å². The fourth-order valence-electron chi connectivity index (χ4n) is 5.46. The van der Waals surface area contributed by atoms with Crippen molar-refractivity contribution in [3.8, 4) is 0 Å². The molecule has 0 unspecified atom stereocenters. The molecule has 1 rings (SSSR count). The molecule has 1 heterocycles. The van der Waals surface area contributed by atoms with Crippen LogP contribution in [0.1, 0.15) is 181 Å². The molecule has 2 N–H and O–H groups in total. The smallest absolute Gasteiger partial charge is 0.0812 e. The summed E-state index contributed by atoms with van der Waals surface area (Å²) in [6, 6.07) is 0.387. The lowest BCUT2D eigenvalue weighted by atomic mass is 9.86. The maximum Gasteiger partial charge on any atom is 0.0812 e. The third-order valence-corrected chi connectivity index (χ3v) is 7.98. The molecule has 1 aliphatic rings. The van der Waals surface area contributed by atoms with Gasteiger partial charge in [0.2, 0.25) is 0 Å². The Kier molecular flexibility index (Phi) is 21.0. The average Bonchev–Trinajstić information content (AvgIpc) is 3.67. The Balaban J connectivity index is 1.91.